The van der Waals surface area contributed by atoms with Crippen molar-refractivity contribution in [1.82, 2.24) is 15.5 Å². The molecule has 0 saturated carbocycles. The van der Waals surface area contributed by atoms with E-state index in [0.29, 0.717) is 17.8 Å². The average Bonchev–Trinajstić information content (AvgIpc) is 2.80. The highest BCUT2D eigenvalue weighted by Gasteiger charge is 2.34. The first-order chi connectivity index (χ1) is 15.2. The molecule has 160 valence electrons. The summed E-state index contributed by atoms with van der Waals surface area (Å²) in [4.78, 5) is 27.5. The van der Waals surface area contributed by atoms with Crippen molar-refractivity contribution < 1.29 is 14.3 Å². The molecule has 2 N–H and O–H groups in total. The molecule has 2 aromatic rings. The van der Waals surface area contributed by atoms with Crippen molar-refractivity contribution >= 4 is 17.6 Å². The fraction of sp³-hybridized carbons (Fsp3) is 0.280. The number of benzene rings is 2. The van der Waals surface area contributed by atoms with Gasteiger partial charge in [-0.05, 0) is 30.0 Å². The Kier molecular flexibility index (Phi) is 6.48. The molecule has 0 radical (unpaired) electrons. The highest BCUT2D eigenvalue weighted by Crippen LogP contribution is 2.29. The molecule has 6 heteroatoms. The molecule has 2 heterocycles. The summed E-state index contributed by atoms with van der Waals surface area (Å²) in [7, 11) is 0. The normalized spacial score (nSPS) is 19.3. The van der Waals surface area contributed by atoms with Crippen LogP contribution < -0.4 is 10.6 Å². The zero-order chi connectivity index (χ0) is 21.6. The molecule has 0 aromatic heterocycles. The lowest BCUT2D eigenvalue weighted by Gasteiger charge is -2.33. The van der Waals surface area contributed by atoms with Crippen molar-refractivity contribution in [3.8, 4) is 0 Å². The molecule has 1 atom stereocenters. The van der Waals surface area contributed by atoms with E-state index in [2.05, 4.69) is 33.7 Å². The van der Waals surface area contributed by atoms with Crippen molar-refractivity contribution in [2.24, 2.45) is 0 Å². The first-order valence-electron chi connectivity index (χ1n) is 10.6. The number of urea groups is 1. The van der Waals surface area contributed by atoms with Crippen molar-refractivity contribution in [2.75, 3.05) is 26.2 Å². The molecule has 0 saturated heterocycles. The fourth-order valence-electron chi connectivity index (χ4n) is 4.08. The standard InChI is InChI=1S/C25H27N3O3/c1-2-31-24(29)22-21(26-25(30)27-23(22)20-11-7-4-8-12-20)17-28-15-13-19(14-16-28)18-9-5-3-6-10-18/h3-13,23H,2,14-17H2,1H3,(H2,26,27,30)/t23-/m0/s1. The number of amides is 2. The Bertz CT molecular complexity index is 999. The maximum atomic E-state index is 12.9. The molecule has 0 fully saturated rings. The van der Waals surface area contributed by atoms with Gasteiger partial charge in [-0.1, -0.05) is 66.7 Å². The summed E-state index contributed by atoms with van der Waals surface area (Å²) in [5.41, 5.74) is 4.49. The Morgan fingerprint density at radius 3 is 2.45 bits per heavy atom. The van der Waals surface area contributed by atoms with Crippen LogP contribution in [-0.4, -0.2) is 43.1 Å². The minimum absolute atomic E-state index is 0.276. The van der Waals surface area contributed by atoms with Gasteiger partial charge in [0.25, 0.3) is 0 Å². The van der Waals surface area contributed by atoms with E-state index in [-0.39, 0.29) is 12.6 Å². The second-order valence-electron chi connectivity index (χ2n) is 7.64. The number of hydrogen-bond acceptors (Lipinski definition) is 4. The molecule has 4 rings (SSSR count). The third-order valence-corrected chi connectivity index (χ3v) is 5.60. The first kappa shape index (κ1) is 20.9. The summed E-state index contributed by atoms with van der Waals surface area (Å²) < 4.78 is 5.34. The van der Waals surface area contributed by atoms with Gasteiger partial charge in [0.2, 0.25) is 0 Å². The summed E-state index contributed by atoms with van der Waals surface area (Å²) >= 11 is 0. The fourth-order valence-corrected chi connectivity index (χ4v) is 4.08. The summed E-state index contributed by atoms with van der Waals surface area (Å²) in [6, 6.07) is 19.0. The Hall–Kier alpha value is -3.38. The van der Waals surface area contributed by atoms with Crippen LogP contribution in [0.15, 0.2) is 78.0 Å². The van der Waals surface area contributed by atoms with Gasteiger partial charge < -0.3 is 15.4 Å². The van der Waals surface area contributed by atoms with Gasteiger partial charge in [-0.15, -0.1) is 0 Å². The maximum absolute atomic E-state index is 12.9. The van der Waals surface area contributed by atoms with Gasteiger partial charge in [0.1, 0.15) is 0 Å². The van der Waals surface area contributed by atoms with Crippen molar-refractivity contribution in [1.29, 1.82) is 0 Å². The molecular formula is C25H27N3O3. The topological polar surface area (TPSA) is 70.7 Å². The SMILES string of the molecule is CCOC(=O)C1=C(CN2CC=C(c3ccccc3)CC2)NC(=O)N[C@H]1c1ccccc1. The van der Waals surface area contributed by atoms with Crippen LogP contribution in [0.4, 0.5) is 4.79 Å². The second-order valence-corrected chi connectivity index (χ2v) is 7.64. The number of esters is 1. The van der Waals surface area contributed by atoms with E-state index < -0.39 is 12.0 Å². The predicted molar refractivity (Wildman–Crippen MR) is 120 cm³/mol. The summed E-state index contributed by atoms with van der Waals surface area (Å²) in [6.07, 6.45) is 3.14. The highest BCUT2D eigenvalue weighted by atomic mass is 16.5. The number of carbonyl (C=O) groups excluding carboxylic acids is 2. The molecular weight excluding hydrogens is 390 g/mol. The van der Waals surface area contributed by atoms with Crippen LogP contribution in [-0.2, 0) is 9.53 Å². The van der Waals surface area contributed by atoms with E-state index in [1.54, 1.807) is 6.92 Å². The largest absolute Gasteiger partial charge is 0.463 e. The highest BCUT2D eigenvalue weighted by molar-refractivity contribution is 5.95. The minimum Gasteiger partial charge on any atom is -0.463 e. The molecule has 2 amide bonds. The van der Waals surface area contributed by atoms with Gasteiger partial charge in [-0.25, -0.2) is 9.59 Å². The van der Waals surface area contributed by atoms with Crippen LogP contribution in [0.2, 0.25) is 0 Å². The lowest BCUT2D eigenvalue weighted by Crippen LogP contribution is -2.48. The van der Waals surface area contributed by atoms with Gasteiger partial charge in [0.15, 0.2) is 0 Å². The molecule has 2 aromatic carbocycles. The Labute approximate surface area is 182 Å². The van der Waals surface area contributed by atoms with E-state index in [4.69, 9.17) is 4.74 Å². The van der Waals surface area contributed by atoms with Gasteiger partial charge >= 0.3 is 12.0 Å². The lowest BCUT2D eigenvalue weighted by molar-refractivity contribution is -0.139. The number of nitrogens with zero attached hydrogens (tertiary/aromatic N) is 1. The third kappa shape index (κ3) is 4.86. The number of carbonyl (C=O) groups is 2. The van der Waals surface area contributed by atoms with E-state index in [9.17, 15) is 9.59 Å². The zero-order valence-corrected chi connectivity index (χ0v) is 17.6. The minimum atomic E-state index is -0.538. The summed E-state index contributed by atoms with van der Waals surface area (Å²) in [6.45, 7) is 4.13. The molecule has 0 unspecified atom stereocenters. The Morgan fingerprint density at radius 2 is 1.81 bits per heavy atom. The van der Waals surface area contributed by atoms with Crippen LogP contribution in [0.5, 0.6) is 0 Å². The summed E-state index contributed by atoms with van der Waals surface area (Å²) in [5.74, 6) is -0.406. The molecule has 0 aliphatic carbocycles. The van der Waals surface area contributed by atoms with E-state index >= 15 is 0 Å². The van der Waals surface area contributed by atoms with E-state index in [1.807, 2.05) is 48.5 Å². The van der Waals surface area contributed by atoms with Gasteiger partial charge in [-0.3, -0.25) is 4.90 Å². The molecule has 31 heavy (non-hydrogen) atoms. The molecule has 0 spiro atoms. The lowest BCUT2D eigenvalue weighted by atomic mass is 9.94. The smallest absolute Gasteiger partial charge is 0.338 e. The zero-order valence-electron chi connectivity index (χ0n) is 17.6. The van der Waals surface area contributed by atoms with E-state index in [1.165, 1.54) is 11.1 Å². The number of hydrogen-bond donors (Lipinski definition) is 2. The number of rotatable bonds is 6. The summed E-state index contributed by atoms with van der Waals surface area (Å²) in [5, 5.41) is 5.74. The quantitative estimate of drug-likeness (QED) is 0.704. The Balaban J connectivity index is 1.60. The van der Waals surface area contributed by atoms with Crippen molar-refractivity contribution in [3.05, 3.63) is 89.1 Å². The molecule has 2 aliphatic rings. The van der Waals surface area contributed by atoms with Gasteiger partial charge in [-0.2, -0.15) is 0 Å². The van der Waals surface area contributed by atoms with Crippen molar-refractivity contribution in [3.63, 3.8) is 0 Å². The van der Waals surface area contributed by atoms with Crippen LogP contribution in [0.3, 0.4) is 0 Å². The molecule has 0 bridgehead atoms. The van der Waals surface area contributed by atoms with Crippen LogP contribution in [0, 0.1) is 0 Å². The maximum Gasteiger partial charge on any atom is 0.338 e. The Morgan fingerprint density at radius 1 is 1.10 bits per heavy atom. The molecule has 6 nitrogen and oxygen atoms in total. The predicted octanol–water partition coefficient (Wildman–Crippen LogP) is 3.65. The van der Waals surface area contributed by atoms with Crippen LogP contribution in [0.25, 0.3) is 5.57 Å². The average molecular weight is 418 g/mol. The first-order valence-corrected chi connectivity index (χ1v) is 10.6. The number of ether oxygens (including phenoxy) is 1. The monoisotopic (exact) mass is 417 g/mol. The van der Waals surface area contributed by atoms with Crippen molar-refractivity contribution in [2.45, 2.75) is 19.4 Å². The second kappa shape index (κ2) is 9.62. The van der Waals surface area contributed by atoms with E-state index in [0.717, 1.165) is 25.1 Å². The number of nitrogens with one attached hydrogen (secondary N) is 2. The third-order valence-electron chi connectivity index (χ3n) is 5.60. The van der Waals surface area contributed by atoms with Gasteiger partial charge in [0.05, 0.1) is 18.2 Å². The van der Waals surface area contributed by atoms with Gasteiger partial charge in [0, 0.05) is 25.3 Å². The van der Waals surface area contributed by atoms with Crippen LogP contribution >= 0.6 is 0 Å². The van der Waals surface area contributed by atoms with Crippen LogP contribution in [0.1, 0.15) is 30.5 Å². The molecule has 2 aliphatic heterocycles.